The van der Waals surface area contributed by atoms with Crippen molar-refractivity contribution in [1.82, 2.24) is 0 Å². The Bertz CT molecular complexity index is 313. The Labute approximate surface area is 81.8 Å². The fourth-order valence-electron chi connectivity index (χ4n) is 1.00. The first-order chi connectivity index (χ1) is 6.66. The quantitative estimate of drug-likeness (QED) is 0.721. The van der Waals surface area contributed by atoms with E-state index < -0.39 is 5.97 Å². The number of carbonyl (C=O) groups is 1. The average Bonchev–Trinajstić information content (AvgIpc) is 2.14. The lowest BCUT2D eigenvalue weighted by atomic mass is 10.2. The van der Waals surface area contributed by atoms with Crippen LogP contribution in [0.2, 0.25) is 0 Å². The Hall–Kier alpha value is -1.71. The maximum absolute atomic E-state index is 11.3. The van der Waals surface area contributed by atoms with E-state index in [-0.39, 0.29) is 23.7 Å². The highest BCUT2D eigenvalue weighted by molar-refractivity contribution is 5.95. The first-order valence-electron chi connectivity index (χ1n) is 4.35. The van der Waals surface area contributed by atoms with E-state index in [0.717, 1.165) is 0 Å². The lowest BCUT2D eigenvalue weighted by Gasteiger charge is -2.06. The fraction of sp³-hybridized carbons (Fsp3) is 0.300. The largest absolute Gasteiger partial charge is 0.507 e. The van der Waals surface area contributed by atoms with Gasteiger partial charge in [0.05, 0.1) is 6.61 Å². The van der Waals surface area contributed by atoms with Gasteiger partial charge in [-0.3, -0.25) is 0 Å². The van der Waals surface area contributed by atoms with E-state index in [4.69, 9.17) is 4.74 Å². The number of hydrogen-bond donors (Lipinski definition) is 2. The first kappa shape index (κ1) is 10.4. The van der Waals surface area contributed by atoms with E-state index in [1.165, 1.54) is 18.2 Å². The molecule has 4 nitrogen and oxygen atoms in total. The van der Waals surface area contributed by atoms with E-state index in [2.05, 4.69) is 0 Å². The molecule has 0 fully saturated rings. The van der Waals surface area contributed by atoms with Crippen LogP contribution >= 0.6 is 0 Å². The summed E-state index contributed by atoms with van der Waals surface area (Å²) in [5.74, 6) is -1.25. The molecule has 4 heteroatoms. The number of aromatic hydroxyl groups is 2. The van der Waals surface area contributed by atoms with Crippen LogP contribution in [0.3, 0.4) is 0 Å². The van der Waals surface area contributed by atoms with Gasteiger partial charge in [-0.1, -0.05) is 13.0 Å². The van der Waals surface area contributed by atoms with Gasteiger partial charge in [0.25, 0.3) is 0 Å². The van der Waals surface area contributed by atoms with Gasteiger partial charge in [-0.15, -0.1) is 0 Å². The smallest absolute Gasteiger partial charge is 0.345 e. The van der Waals surface area contributed by atoms with Crippen molar-refractivity contribution in [2.75, 3.05) is 6.61 Å². The minimum Gasteiger partial charge on any atom is -0.507 e. The molecule has 0 aliphatic heterocycles. The van der Waals surface area contributed by atoms with Gasteiger partial charge >= 0.3 is 5.97 Å². The molecule has 0 saturated heterocycles. The molecule has 0 heterocycles. The molecule has 0 atom stereocenters. The summed E-state index contributed by atoms with van der Waals surface area (Å²) >= 11 is 0. The molecule has 0 spiro atoms. The Morgan fingerprint density at radius 1 is 1.36 bits per heavy atom. The molecule has 0 aliphatic rings. The van der Waals surface area contributed by atoms with E-state index in [1.807, 2.05) is 6.92 Å². The highest BCUT2D eigenvalue weighted by Gasteiger charge is 2.16. The Morgan fingerprint density at radius 3 is 2.43 bits per heavy atom. The lowest BCUT2D eigenvalue weighted by molar-refractivity contribution is 0.0498. The van der Waals surface area contributed by atoms with Gasteiger partial charge in [-0.25, -0.2) is 4.79 Å². The SMILES string of the molecule is CCCOC(=O)c1c(O)cccc1O. The summed E-state index contributed by atoms with van der Waals surface area (Å²) in [7, 11) is 0. The van der Waals surface area contributed by atoms with Crippen molar-refractivity contribution in [3.63, 3.8) is 0 Å². The third kappa shape index (κ3) is 2.16. The number of esters is 1. The average molecular weight is 196 g/mol. The molecule has 0 aliphatic carbocycles. The molecule has 0 saturated carbocycles. The van der Waals surface area contributed by atoms with Crippen molar-refractivity contribution >= 4 is 5.97 Å². The monoisotopic (exact) mass is 196 g/mol. The van der Waals surface area contributed by atoms with E-state index >= 15 is 0 Å². The number of benzene rings is 1. The molecule has 0 unspecified atom stereocenters. The predicted molar refractivity (Wildman–Crippen MR) is 50.3 cm³/mol. The van der Waals surface area contributed by atoms with Crippen molar-refractivity contribution in [1.29, 1.82) is 0 Å². The van der Waals surface area contributed by atoms with Gasteiger partial charge in [0, 0.05) is 0 Å². The van der Waals surface area contributed by atoms with Crippen LogP contribution in [0.1, 0.15) is 23.7 Å². The second-order valence-electron chi connectivity index (χ2n) is 2.81. The maximum Gasteiger partial charge on any atom is 0.345 e. The van der Waals surface area contributed by atoms with Crippen LogP contribution in [-0.2, 0) is 4.74 Å². The number of rotatable bonds is 3. The van der Waals surface area contributed by atoms with E-state index in [9.17, 15) is 15.0 Å². The molecular formula is C10H12O4. The predicted octanol–water partition coefficient (Wildman–Crippen LogP) is 1.66. The molecule has 1 aromatic carbocycles. The second kappa shape index (κ2) is 4.50. The van der Waals surface area contributed by atoms with Crippen LogP contribution in [0, 0.1) is 0 Å². The minimum atomic E-state index is -0.706. The van der Waals surface area contributed by atoms with Crippen LogP contribution in [-0.4, -0.2) is 22.8 Å². The topological polar surface area (TPSA) is 66.8 Å². The number of hydrogen-bond acceptors (Lipinski definition) is 4. The van der Waals surface area contributed by atoms with E-state index in [1.54, 1.807) is 0 Å². The summed E-state index contributed by atoms with van der Waals surface area (Å²) in [6.45, 7) is 2.13. The van der Waals surface area contributed by atoms with Crippen molar-refractivity contribution in [2.24, 2.45) is 0 Å². The van der Waals surface area contributed by atoms with Crippen LogP contribution in [0.15, 0.2) is 18.2 Å². The summed E-state index contributed by atoms with van der Waals surface area (Å²) in [4.78, 5) is 11.3. The molecule has 1 aromatic rings. The molecular weight excluding hydrogens is 184 g/mol. The van der Waals surface area contributed by atoms with Crippen molar-refractivity contribution in [2.45, 2.75) is 13.3 Å². The minimum absolute atomic E-state index is 0.180. The van der Waals surface area contributed by atoms with Gasteiger partial charge in [-0.05, 0) is 18.6 Å². The standard InChI is InChI=1S/C10H12O4/c1-2-6-14-10(13)9-7(11)4-3-5-8(9)12/h3-5,11-12H,2,6H2,1H3. The summed E-state index contributed by atoms with van der Waals surface area (Å²) in [6.07, 6.45) is 0.695. The molecule has 0 bridgehead atoms. The van der Waals surface area contributed by atoms with Crippen LogP contribution in [0.4, 0.5) is 0 Å². The molecule has 0 amide bonds. The van der Waals surface area contributed by atoms with Crippen molar-refractivity contribution in [3.8, 4) is 11.5 Å². The van der Waals surface area contributed by atoms with Crippen molar-refractivity contribution in [3.05, 3.63) is 23.8 Å². The normalized spacial score (nSPS) is 9.79. The van der Waals surface area contributed by atoms with Crippen molar-refractivity contribution < 1.29 is 19.7 Å². The first-order valence-corrected chi connectivity index (χ1v) is 4.35. The van der Waals surface area contributed by atoms with Gasteiger partial charge in [0.2, 0.25) is 0 Å². The molecule has 0 radical (unpaired) electrons. The van der Waals surface area contributed by atoms with Gasteiger partial charge in [-0.2, -0.15) is 0 Å². The highest BCUT2D eigenvalue weighted by atomic mass is 16.5. The number of carbonyl (C=O) groups excluding carboxylic acids is 1. The summed E-state index contributed by atoms with van der Waals surface area (Å²) in [5.41, 5.74) is -0.180. The van der Waals surface area contributed by atoms with Crippen LogP contribution in [0.5, 0.6) is 11.5 Å². The molecule has 1 rings (SSSR count). The third-order valence-corrected chi connectivity index (χ3v) is 1.66. The summed E-state index contributed by atoms with van der Waals surface area (Å²) in [6, 6.07) is 4.09. The Balaban J connectivity index is 2.89. The number of phenolic OH excluding ortho intramolecular Hbond substituents is 2. The third-order valence-electron chi connectivity index (χ3n) is 1.66. The zero-order chi connectivity index (χ0) is 10.6. The van der Waals surface area contributed by atoms with Crippen LogP contribution in [0.25, 0.3) is 0 Å². The fourth-order valence-corrected chi connectivity index (χ4v) is 1.00. The Morgan fingerprint density at radius 2 is 1.93 bits per heavy atom. The Kier molecular flexibility index (Phi) is 3.34. The molecule has 2 N–H and O–H groups in total. The zero-order valence-electron chi connectivity index (χ0n) is 7.86. The maximum atomic E-state index is 11.3. The number of ether oxygens (including phenoxy) is 1. The molecule has 14 heavy (non-hydrogen) atoms. The number of phenols is 2. The zero-order valence-corrected chi connectivity index (χ0v) is 7.86. The van der Waals surface area contributed by atoms with Crippen LogP contribution < -0.4 is 0 Å². The second-order valence-corrected chi connectivity index (χ2v) is 2.81. The lowest BCUT2D eigenvalue weighted by Crippen LogP contribution is -2.06. The van der Waals surface area contributed by atoms with Gasteiger partial charge < -0.3 is 14.9 Å². The summed E-state index contributed by atoms with van der Waals surface area (Å²) in [5, 5.41) is 18.6. The highest BCUT2D eigenvalue weighted by Crippen LogP contribution is 2.26. The summed E-state index contributed by atoms with van der Waals surface area (Å²) < 4.78 is 4.78. The molecule has 0 aromatic heterocycles. The van der Waals surface area contributed by atoms with Gasteiger partial charge in [0.1, 0.15) is 17.1 Å². The van der Waals surface area contributed by atoms with Gasteiger partial charge in [0.15, 0.2) is 0 Å². The van der Waals surface area contributed by atoms with E-state index in [0.29, 0.717) is 6.42 Å². The molecule has 76 valence electrons.